The van der Waals surface area contributed by atoms with Crippen LogP contribution in [-0.2, 0) is 11.0 Å². The lowest BCUT2D eigenvalue weighted by molar-refractivity contribution is -0.138. The van der Waals surface area contributed by atoms with Gasteiger partial charge in [0.25, 0.3) is 0 Å². The van der Waals surface area contributed by atoms with Crippen molar-refractivity contribution in [1.29, 1.82) is 5.26 Å². The number of hydrogen-bond acceptors (Lipinski definition) is 3. The molecule has 0 unspecified atom stereocenters. The molecule has 3 aromatic carbocycles. The molecule has 1 aromatic heterocycles. The van der Waals surface area contributed by atoms with E-state index in [1.165, 1.54) is 18.2 Å². The third kappa shape index (κ3) is 5.03. The Kier molecular flexibility index (Phi) is 6.52. The number of alkyl halides is 3. The fourth-order valence-electron chi connectivity index (χ4n) is 4.70. The number of carbonyl (C=O) groups is 1. The minimum atomic E-state index is -4.87. The molecule has 10 heteroatoms. The largest absolute Gasteiger partial charge is 0.478 e. The molecule has 39 heavy (non-hydrogen) atoms. The molecule has 1 saturated carbocycles. The number of aliphatic carboxylic acids is 1. The van der Waals surface area contributed by atoms with Crippen LogP contribution in [-0.4, -0.2) is 21.3 Å². The summed E-state index contributed by atoms with van der Waals surface area (Å²) in [6.07, 6.45) is -1.44. The number of nitriles is 1. The van der Waals surface area contributed by atoms with Gasteiger partial charge in [-0.05, 0) is 70.9 Å². The van der Waals surface area contributed by atoms with E-state index in [9.17, 15) is 32.0 Å². The molecule has 5 rings (SSSR count). The van der Waals surface area contributed by atoms with Crippen LogP contribution >= 0.6 is 0 Å². The number of benzene rings is 3. The molecule has 0 amide bonds. The first-order valence-corrected chi connectivity index (χ1v) is 11.8. The first-order valence-electron chi connectivity index (χ1n) is 11.8. The first-order chi connectivity index (χ1) is 18.6. The highest BCUT2D eigenvalue weighted by Gasteiger charge is 2.39. The summed E-state index contributed by atoms with van der Waals surface area (Å²) in [5, 5.41) is 24.9. The van der Waals surface area contributed by atoms with Gasteiger partial charge in [0.2, 0.25) is 5.95 Å². The number of aromatic nitrogens is 2. The maximum absolute atomic E-state index is 14.6. The van der Waals surface area contributed by atoms with Gasteiger partial charge in [-0.2, -0.15) is 22.8 Å². The molecule has 2 N–H and O–H groups in total. The van der Waals surface area contributed by atoms with Crippen molar-refractivity contribution in [2.75, 3.05) is 0 Å². The second-order valence-electron chi connectivity index (χ2n) is 9.08. The van der Waals surface area contributed by atoms with Gasteiger partial charge in [0.15, 0.2) is 0 Å². The third-order valence-electron chi connectivity index (χ3n) is 6.52. The van der Waals surface area contributed by atoms with E-state index in [1.807, 2.05) is 6.07 Å². The molecule has 0 radical (unpaired) electrons. The maximum atomic E-state index is 14.6. The quantitative estimate of drug-likeness (QED) is 0.155. The van der Waals surface area contributed by atoms with Crippen molar-refractivity contribution in [2.24, 2.45) is 5.92 Å². The number of nitrogens with zero attached hydrogens (tertiary/aromatic N) is 2. The van der Waals surface area contributed by atoms with Crippen LogP contribution < -0.4 is 0 Å². The van der Waals surface area contributed by atoms with Crippen molar-refractivity contribution < 1.29 is 31.9 Å². The molecule has 1 aliphatic rings. The topological polar surface area (TPSA) is 89.8 Å². The summed E-state index contributed by atoms with van der Waals surface area (Å²) in [6, 6.07) is 13.8. The van der Waals surface area contributed by atoms with Crippen molar-refractivity contribution in [2.45, 2.75) is 19.0 Å². The zero-order valence-electron chi connectivity index (χ0n) is 20.0. The lowest BCUT2D eigenvalue weighted by atomic mass is 9.83. The summed E-state index contributed by atoms with van der Waals surface area (Å²) < 4.78 is 71.1. The number of carboxylic acid groups (broad SMARTS) is 1. The molecule has 1 aliphatic carbocycles. The SMILES string of the molecule is N#Cc1c(C(=C(c2ccc(F)cc2C(F)(F)F)C2CC2)c2ccc(C=CC(=O)O)cc2)ccc2[nH]nc(F)c12. The van der Waals surface area contributed by atoms with Gasteiger partial charge in [0, 0.05) is 11.6 Å². The number of fused-ring (bicyclic) bond motifs is 1. The number of allylic oxidation sites excluding steroid dienone is 1. The number of H-pyrrole nitrogens is 1. The van der Waals surface area contributed by atoms with Gasteiger partial charge in [-0.25, -0.2) is 9.18 Å². The van der Waals surface area contributed by atoms with Gasteiger partial charge in [0.05, 0.1) is 22.0 Å². The molecule has 5 nitrogen and oxygen atoms in total. The van der Waals surface area contributed by atoms with Crippen molar-refractivity contribution in [3.8, 4) is 6.07 Å². The van der Waals surface area contributed by atoms with Crippen LogP contribution in [0.1, 0.15) is 46.2 Å². The van der Waals surface area contributed by atoms with E-state index in [1.54, 1.807) is 24.3 Å². The fraction of sp³-hybridized carbons (Fsp3) is 0.138. The molecule has 0 atom stereocenters. The molecule has 0 bridgehead atoms. The number of halogens is 5. The molecule has 0 spiro atoms. The highest BCUT2D eigenvalue weighted by molar-refractivity contribution is 6.04. The van der Waals surface area contributed by atoms with Crippen molar-refractivity contribution in [3.05, 3.63) is 106 Å². The monoisotopic (exact) mass is 535 g/mol. The van der Waals surface area contributed by atoms with Crippen LogP contribution in [0.2, 0.25) is 0 Å². The maximum Gasteiger partial charge on any atom is 0.417 e. The predicted molar refractivity (Wildman–Crippen MR) is 134 cm³/mol. The van der Waals surface area contributed by atoms with Crippen LogP contribution in [0.15, 0.2) is 60.7 Å². The van der Waals surface area contributed by atoms with Gasteiger partial charge in [-0.3, -0.25) is 5.10 Å². The average Bonchev–Trinajstić information content (AvgIpc) is 3.67. The highest BCUT2D eigenvalue weighted by Crippen LogP contribution is 2.51. The molecule has 0 saturated heterocycles. The van der Waals surface area contributed by atoms with Gasteiger partial charge >= 0.3 is 12.1 Å². The van der Waals surface area contributed by atoms with Gasteiger partial charge in [0.1, 0.15) is 11.9 Å². The number of aromatic amines is 1. The van der Waals surface area contributed by atoms with Crippen LogP contribution in [0.5, 0.6) is 0 Å². The molecule has 1 heterocycles. The summed E-state index contributed by atoms with van der Waals surface area (Å²) in [7, 11) is 0. The van der Waals surface area contributed by atoms with Crippen LogP contribution in [0, 0.1) is 29.0 Å². The minimum Gasteiger partial charge on any atom is -0.478 e. The molecular weight excluding hydrogens is 517 g/mol. The Morgan fingerprint density at radius 2 is 1.74 bits per heavy atom. The lowest BCUT2D eigenvalue weighted by Gasteiger charge is -2.21. The Hall–Kier alpha value is -4.78. The Morgan fingerprint density at radius 3 is 2.36 bits per heavy atom. The Morgan fingerprint density at radius 1 is 1.05 bits per heavy atom. The molecule has 0 aliphatic heterocycles. The zero-order chi connectivity index (χ0) is 27.9. The number of carboxylic acids is 1. The summed E-state index contributed by atoms with van der Waals surface area (Å²) in [5.41, 5.74) is 0.399. The molecule has 4 aromatic rings. The predicted octanol–water partition coefficient (Wildman–Crippen LogP) is 7.20. The first kappa shape index (κ1) is 25.9. The van der Waals surface area contributed by atoms with Crippen molar-refractivity contribution in [3.63, 3.8) is 0 Å². The van der Waals surface area contributed by atoms with Crippen LogP contribution in [0.4, 0.5) is 22.0 Å². The van der Waals surface area contributed by atoms with E-state index in [0.717, 1.165) is 18.2 Å². The molecule has 1 fully saturated rings. The third-order valence-corrected chi connectivity index (χ3v) is 6.52. The summed E-state index contributed by atoms with van der Waals surface area (Å²) in [6.45, 7) is 0. The Balaban J connectivity index is 1.87. The fourth-order valence-corrected chi connectivity index (χ4v) is 4.70. The van der Waals surface area contributed by atoms with Gasteiger partial charge < -0.3 is 5.11 Å². The minimum absolute atomic E-state index is 0.0983. The van der Waals surface area contributed by atoms with E-state index in [-0.39, 0.29) is 44.7 Å². The van der Waals surface area contributed by atoms with E-state index in [2.05, 4.69) is 10.2 Å². The summed E-state index contributed by atoms with van der Waals surface area (Å²) in [4.78, 5) is 10.9. The van der Waals surface area contributed by atoms with E-state index in [4.69, 9.17) is 5.11 Å². The van der Waals surface area contributed by atoms with Gasteiger partial charge in [-0.1, -0.05) is 36.4 Å². The number of hydrogen-bond donors (Lipinski definition) is 2. The lowest BCUT2D eigenvalue weighted by Crippen LogP contribution is -2.11. The second kappa shape index (κ2) is 9.83. The van der Waals surface area contributed by atoms with E-state index >= 15 is 0 Å². The molecular formula is C29H18F5N3O2. The smallest absolute Gasteiger partial charge is 0.417 e. The second-order valence-corrected chi connectivity index (χ2v) is 9.08. The van der Waals surface area contributed by atoms with Gasteiger partial charge in [-0.15, -0.1) is 5.10 Å². The zero-order valence-corrected chi connectivity index (χ0v) is 20.0. The highest BCUT2D eigenvalue weighted by atomic mass is 19.4. The normalized spacial score (nSPS) is 14.5. The standard InChI is InChI=1S/C29H18F5N3O2/c30-18-8-9-20(22(13-18)29(32,33)34)26(17-6-7-17)25(16-4-1-15(2-5-16)3-12-24(38)39)19-10-11-23-27(21(19)14-35)28(31)37-36-23/h1-5,8-13,17H,6-7H2,(H,36,37)(H,38,39). The Bertz CT molecular complexity index is 1710. The van der Waals surface area contributed by atoms with Crippen molar-refractivity contribution >= 4 is 34.1 Å². The molecule has 196 valence electrons. The number of nitrogens with one attached hydrogen (secondary N) is 1. The summed E-state index contributed by atoms with van der Waals surface area (Å²) in [5.74, 6) is -3.45. The van der Waals surface area contributed by atoms with E-state index in [0.29, 0.717) is 30.0 Å². The van der Waals surface area contributed by atoms with Crippen molar-refractivity contribution in [1.82, 2.24) is 10.2 Å². The average molecular weight is 535 g/mol. The van der Waals surface area contributed by atoms with Crippen LogP contribution in [0.25, 0.3) is 28.1 Å². The van der Waals surface area contributed by atoms with Crippen LogP contribution in [0.3, 0.4) is 0 Å². The van der Waals surface area contributed by atoms with E-state index < -0.39 is 29.5 Å². The Labute approximate surface area is 218 Å². The summed E-state index contributed by atoms with van der Waals surface area (Å²) >= 11 is 0. The number of rotatable bonds is 6.